The summed E-state index contributed by atoms with van der Waals surface area (Å²) >= 11 is 6.15. The first-order valence-electron chi connectivity index (χ1n) is 5.32. The van der Waals surface area contributed by atoms with E-state index >= 15 is 0 Å². The number of hydrogen-bond donors (Lipinski definition) is 2. The van der Waals surface area contributed by atoms with E-state index in [1.807, 2.05) is 0 Å². The fourth-order valence-corrected chi connectivity index (χ4v) is 2.03. The van der Waals surface area contributed by atoms with Crippen LogP contribution in [0.1, 0.15) is 12.0 Å². The summed E-state index contributed by atoms with van der Waals surface area (Å²) in [5.41, 5.74) is 6.78. The number of halogens is 2. The molecule has 1 aromatic rings. The van der Waals surface area contributed by atoms with Gasteiger partial charge in [-0.3, -0.25) is 5.41 Å². The highest BCUT2D eigenvalue weighted by atomic mass is 35.5. The number of nitrogens with one attached hydrogen (secondary N) is 1. The Bertz CT molecular complexity index is 507. The molecule has 1 aliphatic rings. The number of benzene rings is 1. The van der Waals surface area contributed by atoms with Crippen LogP contribution in [0.2, 0.25) is 5.02 Å². The maximum absolute atomic E-state index is 7.34. The second kappa shape index (κ2) is 6.60. The lowest BCUT2D eigenvalue weighted by atomic mass is 10.1. The lowest BCUT2D eigenvalue weighted by Crippen LogP contribution is -2.29. The largest absolute Gasteiger partial charge is 0.369 e. The van der Waals surface area contributed by atoms with E-state index in [2.05, 4.69) is 9.99 Å². The Morgan fingerprint density at radius 2 is 2.26 bits per heavy atom. The minimum atomic E-state index is -0.0914. The lowest BCUT2D eigenvalue weighted by molar-refractivity contribution is -0.178. The zero-order chi connectivity index (χ0) is 13.1. The highest BCUT2D eigenvalue weighted by Crippen LogP contribution is 2.30. The smallest absolute Gasteiger partial charge is 0.209 e. The molecule has 0 atom stereocenters. The van der Waals surface area contributed by atoms with Crippen molar-refractivity contribution in [2.24, 2.45) is 10.8 Å². The monoisotopic (exact) mass is 304 g/mol. The number of nitrogens with zero attached hydrogens (tertiary/aromatic N) is 2. The second-order valence-corrected chi connectivity index (χ2v) is 4.08. The minimum absolute atomic E-state index is 0. The van der Waals surface area contributed by atoms with Crippen LogP contribution in [-0.2, 0) is 4.89 Å². The first-order chi connectivity index (χ1) is 8.63. The SMILES string of the molecule is COOc1cccc(Cl)c1C1=NN(C(=N)N)CC1.Cl. The van der Waals surface area contributed by atoms with Gasteiger partial charge in [0.25, 0.3) is 0 Å². The average molecular weight is 305 g/mol. The van der Waals surface area contributed by atoms with E-state index in [1.165, 1.54) is 12.1 Å². The lowest BCUT2D eigenvalue weighted by Gasteiger charge is -2.10. The van der Waals surface area contributed by atoms with Crippen LogP contribution >= 0.6 is 24.0 Å². The molecule has 3 N–H and O–H groups in total. The van der Waals surface area contributed by atoms with Gasteiger partial charge in [-0.1, -0.05) is 17.7 Å². The maximum atomic E-state index is 7.34. The molecule has 8 heteroatoms. The molecule has 6 nitrogen and oxygen atoms in total. The third-order valence-electron chi connectivity index (χ3n) is 2.52. The third-order valence-corrected chi connectivity index (χ3v) is 2.83. The van der Waals surface area contributed by atoms with Crippen LogP contribution in [0.4, 0.5) is 0 Å². The zero-order valence-corrected chi connectivity index (χ0v) is 11.8. The summed E-state index contributed by atoms with van der Waals surface area (Å²) in [7, 11) is 1.42. The molecule has 0 amide bonds. The molecule has 0 spiro atoms. The van der Waals surface area contributed by atoms with Gasteiger partial charge in [0.1, 0.15) is 0 Å². The summed E-state index contributed by atoms with van der Waals surface area (Å²) in [5.74, 6) is 0.403. The highest BCUT2D eigenvalue weighted by Gasteiger charge is 2.23. The molecule has 1 aromatic carbocycles. The number of rotatable bonds is 3. The number of guanidine groups is 1. The van der Waals surface area contributed by atoms with Crippen molar-refractivity contribution in [2.45, 2.75) is 6.42 Å². The van der Waals surface area contributed by atoms with Crippen LogP contribution in [0, 0.1) is 5.41 Å². The van der Waals surface area contributed by atoms with Crippen molar-refractivity contribution in [2.75, 3.05) is 13.7 Å². The Hall–Kier alpha value is -1.50. The van der Waals surface area contributed by atoms with Crippen LogP contribution in [0.15, 0.2) is 23.3 Å². The van der Waals surface area contributed by atoms with Gasteiger partial charge in [-0.05, 0) is 12.1 Å². The Morgan fingerprint density at radius 1 is 1.53 bits per heavy atom. The van der Waals surface area contributed by atoms with Gasteiger partial charge in [0.2, 0.25) is 5.96 Å². The Kier molecular flexibility index (Phi) is 5.41. The summed E-state index contributed by atoms with van der Waals surface area (Å²) in [6, 6.07) is 5.25. The van der Waals surface area contributed by atoms with Gasteiger partial charge in [0.05, 0.1) is 30.0 Å². The standard InChI is InChI=1S/C11H13ClN4O2.ClH/c1-17-18-9-4-2-3-7(12)10(9)8-5-6-16(15-8)11(13)14;/h2-4H,5-6H2,1H3,(H3,13,14);1H. The molecule has 2 rings (SSSR count). The summed E-state index contributed by atoms with van der Waals surface area (Å²) in [5, 5.41) is 13.5. The molecule has 0 fully saturated rings. The number of hydrogen-bond acceptors (Lipinski definition) is 4. The van der Waals surface area contributed by atoms with E-state index in [4.69, 9.17) is 27.6 Å². The molecule has 0 radical (unpaired) electrons. The van der Waals surface area contributed by atoms with Gasteiger partial charge in [-0.15, -0.1) is 12.4 Å². The fraction of sp³-hybridized carbons (Fsp3) is 0.273. The average Bonchev–Trinajstić information content (AvgIpc) is 2.79. The molecule has 104 valence electrons. The van der Waals surface area contributed by atoms with Crippen LogP contribution < -0.4 is 10.6 Å². The molecule has 0 saturated carbocycles. The second-order valence-electron chi connectivity index (χ2n) is 3.67. The van der Waals surface area contributed by atoms with Gasteiger partial charge in [-0.25, -0.2) is 5.01 Å². The molecule has 1 aliphatic heterocycles. The molecule has 1 heterocycles. The fourth-order valence-electron chi connectivity index (χ4n) is 1.75. The molecular formula is C11H14Cl2N4O2. The first-order valence-corrected chi connectivity index (χ1v) is 5.70. The predicted octanol–water partition coefficient (Wildman–Crippen LogP) is 2.01. The Balaban J connectivity index is 0.00000180. The van der Waals surface area contributed by atoms with Gasteiger partial charge in [0, 0.05) is 6.42 Å². The topological polar surface area (TPSA) is 83.9 Å². The van der Waals surface area contributed by atoms with E-state index in [0.29, 0.717) is 29.3 Å². The summed E-state index contributed by atoms with van der Waals surface area (Å²) < 4.78 is 0. The Labute approximate surface area is 122 Å². The van der Waals surface area contributed by atoms with Crippen molar-refractivity contribution in [3.8, 4) is 5.75 Å². The van der Waals surface area contributed by atoms with E-state index in [9.17, 15) is 0 Å². The van der Waals surface area contributed by atoms with Crippen molar-refractivity contribution in [3.63, 3.8) is 0 Å². The van der Waals surface area contributed by atoms with E-state index in [0.717, 1.165) is 5.71 Å². The third kappa shape index (κ3) is 3.28. The van der Waals surface area contributed by atoms with Crippen LogP contribution in [0.5, 0.6) is 5.75 Å². The molecule has 19 heavy (non-hydrogen) atoms. The number of nitrogens with two attached hydrogens (primary N) is 1. The summed E-state index contributed by atoms with van der Waals surface area (Å²) in [6.07, 6.45) is 0.642. The molecular weight excluding hydrogens is 291 g/mol. The number of hydrazone groups is 1. The molecule has 0 bridgehead atoms. The minimum Gasteiger partial charge on any atom is -0.369 e. The zero-order valence-electron chi connectivity index (χ0n) is 10.2. The molecule has 0 unspecified atom stereocenters. The predicted molar refractivity (Wildman–Crippen MR) is 76.1 cm³/mol. The van der Waals surface area contributed by atoms with Crippen molar-refractivity contribution in [1.29, 1.82) is 5.41 Å². The Morgan fingerprint density at radius 3 is 2.84 bits per heavy atom. The van der Waals surface area contributed by atoms with E-state index < -0.39 is 0 Å². The van der Waals surface area contributed by atoms with Gasteiger partial charge in [0.15, 0.2) is 5.75 Å². The van der Waals surface area contributed by atoms with Crippen molar-refractivity contribution < 1.29 is 9.78 Å². The van der Waals surface area contributed by atoms with Crippen molar-refractivity contribution in [1.82, 2.24) is 5.01 Å². The first kappa shape index (κ1) is 15.6. The molecule has 0 aromatic heterocycles. The van der Waals surface area contributed by atoms with Crippen molar-refractivity contribution in [3.05, 3.63) is 28.8 Å². The van der Waals surface area contributed by atoms with Crippen molar-refractivity contribution >= 4 is 35.7 Å². The van der Waals surface area contributed by atoms with Crippen LogP contribution in [0.3, 0.4) is 0 Å². The normalized spacial score (nSPS) is 13.8. The van der Waals surface area contributed by atoms with E-state index in [-0.39, 0.29) is 18.4 Å². The van der Waals surface area contributed by atoms with E-state index in [1.54, 1.807) is 18.2 Å². The van der Waals surface area contributed by atoms with Gasteiger partial charge >= 0.3 is 0 Å². The summed E-state index contributed by atoms with van der Waals surface area (Å²) in [4.78, 5) is 9.72. The van der Waals surface area contributed by atoms with Crippen LogP contribution in [0.25, 0.3) is 0 Å². The van der Waals surface area contributed by atoms with Gasteiger partial charge < -0.3 is 10.6 Å². The summed E-state index contributed by atoms with van der Waals surface area (Å²) in [6.45, 7) is 0.558. The molecule has 0 saturated heterocycles. The van der Waals surface area contributed by atoms with Gasteiger partial charge in [-0.2, -0.15) is 9.99 Å². The molecule has 0 aliphatic carbocycles. The quantitative estimate of drug-likeness (QED) is 0.387. The maximum Gasteiger partial charge on any atom is 0.209 e. The highest BCUT2D eigenvalue weighted by molar-refractivity contribution is 6.34. The van der Waals surface area contributed by atoms with Crippen LogP contribution in [-0.4, -0.2) is 30.3 Å².